The Labute approximate surface area is 198 Å². The summed E-state index contributed by atoms with van der Waals surface area (Å²) in [5.41, 5.74) is 1.71. The minimum atomic E-state index is -0.0885. The predicted octanol–water partition coefficient (Wildman–Crippen LogP) is 4.02. The van der Waals surface area contributed by atoms with Gasteiger partial charge in [-0.25, -0.2) is 0 Å². The fourth-order valence-corrected chi connectivity index (χ4v) is 4.99. The number of carbonyl (C=O) groups is 2. The van der Waals surface area contributed by atoms with Gasteiger partial charge in [0.15, 0.2) is 0 Å². The van der Waals surface area contributed by atoms with Gasteiger partial charge >= 0.3 is 0 Å². The number of amides is 2. The van der Waals surface area contributed by atoms with Crippen molar-refractivity contribution in [2.75, 3.05) is 31.3 Å². The number of methoxy groups -OCH3 is 1. The van der Waals surface area contributed by atoms with Gasteiger partial charge in [0.2, 0.25) is 11.8 Å². The van der Waals surface area contributed by atoms with Crippen molar-refractivity contribution < 1.29 is 19.1 Å². The summed E-state index contributed by atoms with van der Waals surface area (Å²) in [4.78, 5) is 28.3. The van der Waals surface area contributed by atoms with Crippen molar-refractivity contribution in [3.63, 3.8) is 0 Å². The first-order valence-electron chi connectivity index (χ1n) is 11.0. The minimum absolute atomic E-state index is 0.0365. The Balaban J connectivity index is 1.43. The van der Waals surface area contributed by atoms with Gasteiger partial charge in [-0.2, -0.15) is 0 Å². The van der Waals surface area contributed by atoms with Crippen molar-refractivity contribution in [3.05, 3.63) is 54.7 Å². The van der Waals surface area contributed by atoms with Crippen LogP contribution in [-0.4, -0.2) is 59.4 Å². The van der Waals surface area contributed by atoms with Crippen LogP contribution in [0.15, 0.2) is 59.6 Å². The molecule has 1 fully saturated rings. The van der Waals surface area contributed by atoms with E-state index in [0.717, 1.165) is 27.2 Å². The number of anilines is 1. The normalized spacial score (nSPS) is 18.3. The molecule has 0 bridgehead atoms. The van der Waals surface area contributed by atoms with E-state index < -0.39 is 0 Å². The van der Waals surface area contributed by atoms with Crippen LogP contribution >= 0.6 is 11.8 Å². The van der Waals surface area contributed by atoms with Crippen molar-refractivity contribution in [1.82, 2.24) is 9.47 Å². The number of ether oxygens (including phenoxy) is 2. The second kappa shape index (κ2) is 10.3. The Kier molecular flexibility index (Phi) is 7.25. The first-order valence-corrected chi connectivity index (χ1v) is 12.0. The molecule has 33 heavy (non-hydrogen) atoms. The lowest BCUT2D eigenvalue weighted by Crippen LogP contribution is -2.49. The average Bonchev–Trinajstić information content (AvgIpc) is 3.15. The monoisotopic (exact) mass is 467 g/mol. The van der Waals surface area contributed by atoms with E-state index in [9.17, 15) is 9.59 Å². The van der Waals surface area contributed by atoms with Crippen molar-refractivity contribution in [3.8, 4) is 5.75 Å². The third-order valence-electron chi connectivity index (χ3n) is 5.56. The molecule has 2 atom stereocenters. The average molecular weight is 468 g/mol. The molecule has 1 aliphatic rings. The molecule has 2 amide bonds. The van der Waals surface area contributed by atoms with E-state index in [-0.39, 0.29) is 36.3 Å². The number of rotatable bonds is 7. The topological polar surface area (TPSA) is 72.8 Å². The van der Waals surface area contributed by atoms with Gasteiger partial charge in [0.25, 0.3) is 0 Å². The Morgan fingerprint density at radius 2 is 1.79 bits per heavy atom. The van der Waals surface area contributed by atoms with Gasteiger partial charge in [0.1, 0.15) is 12.3 Å². The minimum Gasteiger partial charge on any atom is -0.497 e. The number of nitrogens with zero attached hydrogens (tertiary/aromatic N) is 2. The van der Waals surface area contributed by atoms with Crippen LogP contribution in [0, 0.1) is 0 Å². The van der Waals surface area contributed by atoms with Gasteiger partial charge in [-0.15, -0.1) is 11.8 Å². The molecular weight excluding hydrogens is 438 g/mol. The summed E-state index contributed by atoms with van der Waals surface area (Å²) < 4.78 is 12.9. The summed E-state index contributed by atoms with van der Waals surface area (Å²) in [6, 6.07) is 15.2. The number of para-hydroxylation sites is 1. The van der Waals surface area contributed by atoms with Gasteiger partial charge in [-0.05, 0) is 44.2 Å². The van der Waals surface area contributed by atoms with Crippen LogP contribution in [-0.2, 0) is 20.9 Å². The number of nitrogens with one attached hydrogen (secondary N) is 1. The molecule has 1 aromatic heterocycles. The maximum Gasteiger partial charge on any atom is 0.242 e. The molecule has 7 nitrogen and oxygen atoms in total. The molecule has 4 rings (SSSR count). The Bertz CT molecular complexity index is 1120. The quantitative estimate of drug-likeness (QED) is 0.532. The fourth-order valence-electron chi connectivity index (χ4n) is 4.10. The number of morpholine rings is 1. The lowest BCUT2D eigenvalue weighted by atomic mass is 10.2. The lowest BCUT2D eigenvalue weighted by Gasteiger charge is -2.35. The van der Waals surface area contributed by atoms with Gasteiger partial charge in [-0.3, -0.25) is 9.59 Å². The first-order chi connectivity index (χ1) is 15.9. The zero-order chi connectivity index (χ0) is 23.4. The Morgan fingerprint density at radius 3 is 2.48 bits per heavy atom. The highest BCUT2D eigenvalue weighted by Gasteiger charge is 2.26. The number of thioether (sulfide) groups is 1. The lowest BCUT2D eigenvalue weighted by molar-refractivity contribution is -0.143. The molecule has 8 heteroatoms. The summed E-state index contributed by atoms with van der Waals surface area (Å²) in [5.74, 6) is 0.999. The maximum atomic E-state index is 13.0. The van der Waals surface area contributed by atoms with Gasteiger partial charge < -0.3 is 24.3 Å². The van der Waals surface area contributed by atoms with E-state index in [0.29, 0.717) is 13.1 Å². The first kappa shape index (κ1) is 23.2. The van der Waals surface area contributed by atoms with Gasteiger partial charge in [-0.1, -0.05) is 18.2 Å². The molecule has 0 unspecified atom stereocenters. The smallest absolute Gasteiger partial charge is 0.242 e. The van der Waals surface area contributed by atoms with Crippen molar-refractivity contribution in [2.45, 2.75) is 37.5 Å². The number of hydrogen-bond acceptors (Lipinski definition) is 5. The zero-order valence-electron chi connectivity index (χ0n) is 19.1. The maximum absolute atomic E-state index is 13.0. The highest BCUT2D eigenvalue weighted by atomic mass is 32.2. The standard InChI is InChI=1S/C25H29N3O4S/c1-17-12-28(13-18(2)32-17)25(30)15-27-14-23(21-6-4-5-7-22(21)27)33-16-24(29)26-19-8-10-20(31-3)11-9-19/h4-11,14,17-18H,12-13,15-16H2,1-3H3,(H,26,29)/t17-,18+. The second-order valence-corrected chi connectivity index (χ2v) is 9.28. The molecule has 2 aromatic carbocycles. The molecule has 3 aromatic rings. The fraction of sp³-hybridized carbons (Fsp3) is 0.360. The number of fused-ring (bicyclic) bond motifs is 1. The van der Waals surface area contributed by atoms with Crippen LogP contribution in [0.3, 0.4) is 0 Å². The third-order valence-corrected chi connectivity index (χ3v) is 6.61. The number of aromatic nitrogens is 1. The summed E-state index contributed by atoms with van der Waals surface area (Å²) in [6.07, 6.45) is 2.05. The molecule has 1 saturated heterocycles. The summed E-state index contributed by atoms with van der Waals surface area (Å²) in [7, 11) is 1.61. The van der Waals surface area contributed by atoms with Crippen LogP contribution in [0.1, 0.15) is 13.8 Å². The van der Waals surface area contributed by atoms with Crippen LogP contribution in [0.25, 0.3) is 10.9 Å². The number of hydrogen-bond donors (Lipinski definition) is 1. The van der Waals surface area contributed by atoms with Crippen molar-refractivity contribution in [2.24, 2.45) is 0 Å². The van der Waals surface area contributed by atoms with E-state index in [2.05, 4.69) is 5.32 Å². The molecule has 0 aliphatic carbocycles. The molecule has 0 radical (unpaired) electrons. The summed E-state index contributed by atoms with van der Waals surface area (Å²) in [5, 5.41) is 3.95. The SMILES string of the molecule is COc1ccc(NC(=O)CSc2cn(CC(=O)N3C[C@@H](C)O[C@@H](C)C3)c3ccccc23)cc1. The van der Waals surface area contributed by atoms with Crippen molar-refractivity contribution in [1.29, 1.82) is 0 Å². The van der Waals surface area contributed by atoms with E-state index in [1.165, 1.54) is 11.8 Å². The highest BCUT2D eigenvalue weighted by Crippen LogP contribution is 2.30. The molecule has 0 saturated carbocycles. The van der Waals surface area contributed by atoms with Crippen molar-refractivity contribution >= 4 is 40.2 Å². The van der Waals surface area contributed by atoms with Crippen LogP contribution < -0.4 is 10.1 Å². The van der Waals surface area contributed by atoms with Crippen LogP contribution in [0.5, 0.6) is 5.75 Å². The third kappa shape index (κ3) is 5.69. The highest BCUT2D eigenvalue weighted by molar-refractivity contribution is 8.00. The molecule has 2 heterocycles. The molecule has 174 valence electrons. The molecule has 0 spiro atoms. The zero-order valence-corrected chi connectivity index (χ0v) is 19.9. The van der Waals surface area contributed by atoms with E-state index in [1.54, 1.807) is 7.11 Å². The van der Waals surface area contributed by atoms with Gasteiger partial charge in [0, 0.05) is 40.8 Å². The second-order valence-electron chi connectivity index (χ2n) is 8.26. The Hall–Kier alpha value is -2.97. The molecular formula is C25H29N3O4S. The summed E-state index contributed by atoms with van der Waals surface area (Å²) in [6.45, 7) is 5.46. The number of carbonyl (C=O) groups excluding carboxylic acids is 2. The Morgan fingerprint density at radius 1 is 1.09 bits per heavy atom. The van der Waals surface area contributed by atoms with E-state index >= 15 is 0 Å². The number of benzene rings is 2. The predicted molar refractivity (Wildman–Crippen MR) is 131 cm³/mol. The largest absolute Gasteiger partial charge is 0.497 e. The molecule has 1 aliphatic heterocycles. The van der Waals surface area contributed by atoms with E-state index in [1.807, 2.05) is 78.0 Å². The summed E-state index contributed by atoms with van der Waals surface area (Å²) >= 11 is 1.47. The van der Waals surface area contributed by atoms with Crippen LogP contribution in [0.2, 0.25) is 0 Å². The van der Waals surface area contributed by atoms with E-state index in [4.69, 9.17) is 9.47 Å². The van der Waals surface area contributed by atoms with Crippen LogP contribution in [0.4, 0.5) is 5.69 Å². The van der Waals surface area contributed by atoms with Gasteiger partial charge in [0.05, 0.1) is 25.1 Å². The molecule has 1 N–H and O–H groups in total.